The van der Waals surface area contributed by atoms with Crippen LogP contribution in [0.3, 0.4) is 0 Å². The van der Waals surface area contributed by atoms with Gasteiger partial charge in [0.05, 0.1) is 0 Å². The van der Waals surface area contributed by atoms with Gasteiger partial charge in [-0.15, -0.1) is 0 Å². The largest absolute Gasteiger partial charge is 0.480 e. The summed E-state index contributed by atoms with van der Waals surface area (Å²) in [5, 5.41) is 9.09. The lowest BCUT2D eigenvalue weighted by Gasteiger charge is -2.20. The van der Waals surface area contributed by atoms with Crippen LogP contribution in [-0.4, -0.2) is 34.6 Å². The highest BCUT2D eigenvalue weighted by atomic mass is 16.4. The van der Waals surface area contributed by atoms with Crippen molar-refractivity contribution in [3.05, 3.63) is 34.9 Å². The number of carbonyl (C=O) groups is 1. The van der Waals surface area contributed by atoms with Gasteiger partial charge in [0.1, 0.15) is 5.54 Å². The van der Waals surface area contributed by atoms with Crippen molar-refractivity contribution in [2.45, 2.75) is 32.4 Å². The fraction of sp³-hybridized carbons (Fsp3) is 0.500. The van der Waals surface area contributed by atoms with Crippen LogP contribution in [0.4, 0.5) is 0 Å². The topological polar surface area (TPSA) is 66.6 Å². The van der Waals surface area contributed by atoms with Crippen LogP contribution in [-0.2, 0) is 11.3 Å². The van der Waals surface area contributed by atoms with Crippen molar-refractivity contribution in [1.29, 1.82) is 0 Å². The molecule has 0 aromatic heterocycles. The number of benzene rings is 1. The molecule has 0 spiro atoms. The molecule has 18 heavy (non-hydrogen) atoms. The molecule has 1 aliphatic heterocycles. The summed E-state index contributed by atoms with van der Waals surface area (Å²) >= 11 is 0. The quantitative estimate of drug-likeness (QED) is 0.846. The first-order valence-electron chi connectivity index (χ1n) is 6.21. The maximum absolute atomic E-state index is 11.1. The molecule has 0 radical (unpaired) electrons. The SMILES string of the molecule is Cc1cc(C)cc(CN2CCC(N)(C(=O)O)C2)c1. The first kappa shape index (κ1) is 13.1. The van der Waals surface area contributed by atoms with E-state index in [1.807, 2.05) is 0 Å². The second kappa shape index (κ2) is 4.71. The van der Waals surface area contributed by atoms with Gasteiger partial charge in [-0.1, -0.05) is 29.3 Å². The lowest BCUT2D eigenvalue weighted by Crippen LogP contribution is -2.50. The molecule has 1 atom stereocenters. The van der Waals surface area contributed by atoms with E-state index in [2.05, 4.69) is 36.9 Å². The molecule has 2 rings (SSSR count). The second-order valence-electron chi connectivity index (χ2n) is 5.42. The van der Waals surface area contributed by atoms with Crippen LogP contribution in [0.5, 0.6) is 0 Å². The van der Waals surface area contributed by atoms with Gasteiger partial charge in [0.25, 0.3) is 0 Å². The van der Waals surface area contributed by atoms with E-state index in [1.165, 1.54) is 16.7 Å². The summed E-state index contributed by atoms with van der Waals surface area (Å²) in [6, 6.07) is 6.42. The van der Waals surface area contributed by atoms with Crippen LogP contribution in [0.15, 0.2) is 18.2 Å². The average Bonchev–Trinajstić information content (AvgIpc) is 2.60. The van der Waals surface area contributed by atoms with Gasteiger partial charge in [-0.05, 0) is 25.8 Å². The van der Waals surface area contributed by atoms with Crippen LogP contribution in [0.2, 0.25) is 0 Å². The van der Waals surface area contributed by atoms with Crippen molar-refractivity contribution in [3.8, 4) is 0 Å². The first-order chi connectivity index (χ1) is 8.39. The summed E-state index contributed by atoms with van der Waals surface area (Å²) in [7, 11) is 0. The van der Waals surface area contributed by atoms with Gasteiger partial charge in [-0.2, -0.15) is 0 Å². The van der Waals surface area contributed by atoms with E-state index >= 15 is 0 Å². The van der Waals surface area contributed by atoms with Gasteiger partial charge in [0, 0.05) is 19.6 Å². The number of hydrogen-bond donors (Lipinski definition) is 2. The number of hydrogen-bond acceptors (Lipinski definition) is 3. The molecule has 1 unspecified atom stereocenters. The fourth-order valence-corrected chi connectivity index (χ4v) is 2.64. The van der Waals surface area contributed by atoms with Crippen molar-refractivity contribution in [2.24, 2.45) is 5.73 Å². The molecule has 1 heterocycles. The number of carboxylic acids is 1. The minimum atomic E-state index is -1.07. The number of carboxylic acid groups (broad SMARTS) is 1. The van der Waals surface area contributed by atoms with Crippen LogP contribution in [0.1, 0.15) is 23.1 Å². The third-order valence-corrected chi connectivity index (χ3v) is 3.49. The smallest absolute Gasteiger partial charge is 0.325 e. The molecule has 0 saturated carbocycles. The van der Waals surface area contributed by atoms with Crippen LogP contribution < -0.4 is 5.73 Å². The Morgan fingerprint density at radius 1 is 1.39 bits per heavy atom. The van der Waals surface area contributed by atoms with E-state index in [-0.39, 0.29) is 0 Å². The van der Waals surface area contributed by atoms with Gasteiger partial charge < -0.3 is 10.8 Å². The molecule has 4 nitrogen and oxygen atoms in total. The Kier molecular flexibility index (Phi) is 3.41. The number of nitrogens with two attached hydrogens (primary N) is 1. The van der Waals surface area contributed by atoms with E-state index in [0.717, 1.165) is 13.1 Å². The van der Waals surface area contributed by atoms with Crippen LogP contribution in [0, 0.1) is 13.8 Å². The Balaban J connectivity index is 2.06. The average molecular weight is 248 g/mol. The highest BCUT2D eigenvalue weighted by Gasteiger charge is 2.40. The van der Waals surface area contributed by atoms with Crippen molar-refractivity contribution < 1.29 is 9.90 Å². The summed E-state index contributed by atoms with van der Waals surface area (Å²) in [6.07, 6.45) is 0.521. The van der Waals surface area contributed by atoms with Gasteiger partial charge in [0.2, 0.25) is 0 Å². The standard InChI is InChI=1S/C14H20N2O2/c1-10-5-11(2)7-12(6-10)8-16-4-3-14(15,9-16)13(17)18/h5-7H,3-4,8-9,15H2,1-2H3,(H,17,18). The molecule has 1 aromatic rings. The predicted octanol–water partition coefficient (Wildman–Crippen LogP) is 1.29. The Morgan fingerprint density at radius 3 is 2.50 bits per heavy atom. The molecular weight excluding hydrogens is 228 g/mol. The van der Waals surface area contributed by atoms with Crippen molar-refractivity contribution in [2.75, 3.05) is 13.1 Å². The molecule has 0 aliphatic carbocycles. The molecule has 3 N–H and O–H groups in total. The zero-order valence-electron chi connectivity index (χ0n) is 10.9. The van der Waals surface area contributed by atoms with Crippen LogP contribution in [0.25, 0.3) is 0 Å². The van der Waals surface area contributed by atoms with E-state index in [9.17, 15) is 4.79 Å². The molecule has 4 heteroatoms. The number of likely N-dealkylation sites (tertiary alicyclic amines) is 1. The van der Waals surface area contributed by atoms with Gasteiger partial charge in [-0.3, -0.25) is 9.69 Å². The minimum Gasteiger partial charge on any atom is -0.480 e. The Bertz CT molecular complexity index is 453. The summed E-state index contributed by atoms with van der Waals surface area (Å²) in [5.74, 6) is -0.898. The van der Waals surface area contributed by atoms with Gasteiger partial charge >= 0.3 is 5.97 Å². The lowest BCUT2D eigenvalue weighted by molar-refractivity contribution is -0.142. The fourth-order valence-electron chi connectivity index (χ4n) is 2.64. The van der Waals surface area contributed by atoms with Crippen LogP contribution >= 0.6 is 0 Å². The molecule has 98 valence electrons. The summed E-state index contributed by atoms with van der Waals surface area (Å²) < 4.78 is 0. The number of aryl methyl sites for hydroxylation is 2. The minimum absolute atomic E-state index is 0.426. The Labute approximate surface area is 107 Å². The molecule has 1 saturated heterocycles. The number of aliphatic carboxylic acids is 1. The summed E-state index contributed by atoms with van der Waals surface area (Å²) in [5.41, 5.74) is 8.49. The zero-order chi connectivity index (χ0) is 13.3. The first-order valence-corrected chi connectivity index (χ1v) is 6.21. The molecular formula is C14H20N2O2. The van der Waals surface area contributed by atoms with Crippen molar-refractivity contribution in [1.82, 2.24) is 4.90 Å². The highest BCUT2D eigenvalue weighted by molar-refractivity contribution is 5.79. The summed E-state index contributed by atoms with van der Waals surface area (Å²) in [6.45, 7) is 6.09. The Morgan fingerprint density at radius 2 is 2.00 bits per heavy atom. The lowest BCUT2D eigenvalue weighted by atomic mass is 10.0. The normalized spacial score (nSPS) is 24.4. The molecule has 0 amide bonds. The number of nitrogens with zero attached hydrogens (tertiary/aromatic N) is 1. The van der Waals surface area contributed by atoms with Crippen molar-refractivity contribution >= 4 is 5.97 Å². The zero-order valence-corrected chi connectivity index (χ0v) is 10.9. The second-order valence-corrected chi connectivity index (χ2v) is 5.42. The maximum atomic E-state index is 11.1. The monoisotopic (exact) mass is 248 g/mol. The van der Waals surface area contributed by atoms with E-state index < -0.39 is 11.5 Å². The van der Waals surface area contributed by atoms with Gasteiger partial charge in [0.15, 0.2) is 0 Å². The molecule has 1 fully saturated rings. The highest BCUT2D eigenvalue weighted by Crippen LogP contribution is 2.21. The third-order valence-electron chi connectivity index (χ3n) is 3.49. The molecule has 0 bridgehead atoms. The van der Waals surface area contributed by atoms with Gasteiger partial charge in [-0.25, -0.2) is 0 Å². The van der Waals surface area contributed by atoms with Crippen molar-refractivity contribution in [3.63, 3.8) is 0 Å². The van der Waals surface area contributed by atoms with E-state index in [0.29, 0.717) is 13.0 Å². The number of rotatable bonds is 3. The maximum Gasteiger partial charge on any atom is 0.325 e. The summed E-state index contributed by atoms with van der Waals surface area (Å²) in [4.78, 5) is 13.2. The predicted molar refractivity (Wildman–Crippen MR) is 70.4 cm³/mol. The van der Waals surface area contributed by atoms with E-state index in [4.69, 9.17) is 10.8 Å². The van der Waals surface area contributed by atoms with E-state index in [1.54, 1.807) is 0 Å². The molecule has 1 aromatic carbocycles. The Hall–Kier alpha value is -1.39. The third kappa shape index (κ3) is 2.71. The molecule has 1 aliphatic rings.